The number of Topliss-reactive ketones (excluding diaryl/α,β-unsaturated/α-hetero) is 1. The number of nitrogens with zero attached hydrogens (tertiary/aromatic N) is 1. The molecular formula is C11H10N2O. The van der Waals surface area contributed by atoms with Crippen molar-refractivity contribution in [3.05, 3.63) is 47.2 Å². The van der Waals surface area contributed by atoms with E-state index in [0.717, 1.165) is 0 Å². The maximum Gasteiger partial charge on any atom is 0.205 e. The van der Waals surface area contributed by atoms with E-state index in [4.69, 9.17) is 11.0 Å². The summed E-state index contributed by atoms with van der Waals surface area (Å²) in [5.74, 6) is -0.326. The Balaban J connectivity index is 3.11. The van der Waals surface area contributed by atoms with E-state index in [-0.39, 0.29) is 17.1 Å². The van der Waals surface area contributed by atoms with E-state index in [1.807, 2.05) is 6.07 Å². The van der Waals surface area contributed by atoms with Gasteiger partial charge < -0.3 is 5.73 Å². The quantitative estimate of drug-likeness (QED) is 0.433. The second-order valence-corrected chi connectivity index (χ2v) is 2.86. The largest absolute Gasteiger partial charge is 0.401 e. The minimum atomic E-state index is -0.326. The molecule has 0 fully saturated rings. The summed E-state index contributed by atoms with van der Waals surface area (Å²) in [5, 5.41) is 8.72. The summed E-state index contributed by atoms with van der Waals surface area (Å²) in [6.45, 7) is 1.54. The van der Waals surface area contributed by atoms with Crippen molar-refractivity contribution in [3.63, 3.8) is 0 Å². The first-order chi connectivity index (χ1) is 6.66. The molecular weight excluding hydrogens is 176 g/mol. The van der Waals surface area contributed by atoms with Gasteiger partial charge in [0.25, 0.3) is 0 Å². The van der Waals surface area contributed by atoms with E-state index in [1.165, 1.54) is 0 Å². The van der Waals surface area contributed by atoms with Gasteiger partial charge in [-0.3, -0.25) is 4.79 Å². The van der Waals surface area contributed by atoms with E-state index >= 15 is 0 Å². The van der Waals surface area contributed by atoms with E-state index in [2.05, 4.69) is 0 Å². The van der Waals surface area contributed by atoms with Gasteiger partial charge in [-0.15, -0.1) is 0 Å². The SMILES string of the molecule is C/C(N)=C(\C#N)C(=O)c1ccccc1. The highest BCUT2D eigenvalue weighted by atomic mass is 16.1. The zero-order valence-electron chi connectivity index (χ0n) is 7.82. The number of nitriles is 1. The minimum Gasteiger partial charge on any atom is -0.401 e. The van der Waals surface area contributed by atoms with Gasteiger partial charge in [0.15, 0.2) is 0 Å². The maximum atomic E-state index is 11.7. The van der Waals surface area contributed by atoms with Crippen molar-refractivity contribution in [2.45, 2.75) is 6.92 Å². The molecule has 0 saturated heterocycles. The van der Waals surface area contributed by atoms with Gasteiger partial charge in [0.05, 0.1) is 0 Å². The molecule has 1 rings (SSSR count). The van der Waals surface area contributed by atoms with Crippen LogP contribution >= 0.6 is 0 Å². The molecule has 0 bridgehead atoms. The summed E-state index contributed by atoms with van der Waals surface area (Å²) >= 11 is 0. The smallest absolute Gasteiger partial charge is 0.205 e. The maximum absolute atomic E-state index is 11.7. The average molecular weight is 186 g/mol. The fourth-order valence-corrected chi connectivity index (χ4v) is 1.05. The standard InChI is InChI=1S/C11H10N2O/c1-8(13)10(7-12)11(14)9-5-3-2-4-6-9/h2-6H,13H2,1H3/b10-8-. The summed E-state index contributed by atoms with van der Waals surface area (Å²) in [6, 6.07) is 10.4. The lowest BCUT2D eigenvalue weighted by molar-refractivity contribution is 0.103. The minimum absolute atomic E-state index is 0.0104. The van der Waals surface area contributed by atoms with Crippen LogP contribution in [0.15, 0.2) is 41.6 Å². The van der Waals surface area contributed by atoms with Crippen LogP contribution in [0.3, 0.4) is 0 Å². The number of hydrogen-bond acceptors (Lipinski definition) is 3. The predicted octanol–water partition coefficient (Wildman–Crippen LogP) is 1.63. The molecule has 0 saturated carbocycles. The van der Waals surface area contributed by atoms with Gasteiger partial charge in [0.1, 0.15) is 11.6 Å². The Bertz CT molecular complexity index is 409. The molecule has 2 N–H and O–H groups in total. The zero-order chi connectivity index (χ0) is 10.6. The number of hydrogen-bond donors (Lipinski definition) is 1. The third-order valence-corrected chi connectivity index (χ3v) is 1.77. The van der Waals surface area contributed by atoms with Crippen molar-refractivity contribution in [3.8, 4) is 6.07 Å². The number of nitrogens with two attached hydrogens (primary N) is 1. The molecule has 3 heteroatoms. The fourth-order valence-electron chi connectivity index (χ4n) is 1.05. The second-order valence-electron chi connectivity index (χ2n) is 2.86. The molecule has 0 aliphatic carbocycles. The van der Waals surface area contributed by atoms with E-state index in [0.29, 0.717) is 5.56 Å². The summed E-state index contributed by atoms with van der Waals surface area (Å²) in [4.78, 5) is 11.7. The lowest BCUT2D eigenvalue weighted by Gasteiger charge is -1.99. The number of benzene rings is 1. The molecule has 0 radical (unpaired) electrons. The molecule has 0 aliphatic rings. The molecule has 14 heavy (non-hydrogen) atoms. The van der Waals surface area contributed by atoms with E-state index in [1.54, 1.807) is 37.3 Å². The zero-order valence-corrected chi connectivity index (χ0v) is 7.82. The van der Waals surface area contributed by atoms with E-state index in [9.17, 15) is 4.79 Å². The number of carbonyl (C=O) groups is 1. The van der Waals surface area contributed by atoms with Gasteiger partial charge in [-0.1, -0.05) is 30.3 Å². The monoisotopic (exact) mass is 186 g/mol. The second kappa shape index (κ2) is 4.24. The first kappa shape index (κ1) is 10.0. The van der Waals surface area contributed by atoms with Crippen molar-refractivity contribution in [2.75, 3.05) is 0 Å². The molecule has 0 spiro atoms. The van der Waals surface area contributed by atoms with Crippen LogP contribution in [0.1, 0.15) is 17.3 Å². The topological polar surface area (TPSA) is 66.9 Å². The van der Waals surface area contributed by atoms with Crippen molar-refractivity contribution < 1.29 is 4.79 Å². The predicted molar refractivity (Wildman–Crippen MR) is 53.3 cm³/mol. The molecule has 0 aromatic heterocycles. The van der Waals surface area contributed by atoms with Gasteiger partial charge in [-0.05, 0) is 6.92 Å². The Morgan fingerprint density at radius 1 is 1.36 bits per heavy atom. The van der Waals surface area contributed by atoms with Gasteiger partial charge in [0, 0.05) is 11.3 Å². The Kier molecular flexibility index (Phi) is 3.03. The van der Waals surface area contributed by atoms with Crippen LogP contribution in [0.25, 0.3) is 0 Å². The first-order valence-corrected chi connectivity index (χ1v) is 4.13. The number of ketones is 1. The van der Waals surface area contributed by atoms with Crippen LogP contribution in [0.2, 0.25) is 0 Å². The molecule has 0 aliphatic heterocycles. The van der Waals surface area contributed by atoms with E-state index < -0.39 is 0 Å². The summed E-state index contributed by atoms with van der Waals surface area (Å²) in [5.41, 5.74) is 6.16. The Morgan fingerprint density at radius 3 is 2.36 bits per heavy atom. The van der Waals surface area contributed by atoms with Gasteiger partial charge >= 0.3 is 0 Å². The van der Waals surface area contributed by atoms with Crippen LogP contribution in [-0.2, 0) is 0 Å². The Hall–Kier alpha value is -2.08. The molecule has 1 aromatic carbocycles. The number of carbonyl (C=O) groups excluding carboxylic acids is 1. The molecule has 0 unspecified atom stereocenters. The normalized spacial score (nSPS) is 11.4. The van der Waals surface area contributed by atoms with Crippen molar-refractivity contribution in [1.29, 1.82) is 5.26 Å². The Morgan fingerprint density at radius 2 is 1.93 bits per heavy atom. The summed E-state index contributed by atoms with van der Waals surface area (Å²) in [7, 11) is 0. The van der Waals surface area contributed by atoms with Crippen molar-refractivity contribution >= 4 is 5.78 Å². The number of rotatable bonds is 2. The lowest BCUT2D eigenvalue weighted by Crippen LogP contribution is -2.08. The molecule has 1 aromatic rings. The summed E-state index contributed by atoms with van der Waals surface area (Å²) < 4.78 is 0. The van der Waals surface area contributed by atoms with Crippen LogP contribution < -0.4 is 5.73 Å². The van der Waals surface area contributed by atoms with Crippen LogP contribution in [0.4, 0.5) is 0 Å². The van der Waals surface area contributed by atoms with Crippen LogP contribution in [-0.4, -0.2) is 5.78 Å². The van der Waals surface area contributed by atoms with Gasteiger partial charge in [0.2, 0.25) is 5.78 Å². The molecule has 0 atom stereocenters. The van der Waals surface area contributed by atoms with Crippen LogP contribution in [0.5, 0.6) is 0 Å². The molecule has 0 heterocycles. The fraction of sp³-hybridized carbons (Fsp3) is 0.0909. The first-order valence-electron chi connectivity index (χ1n) is 4.13. The highest BCUT2D eigenvalue weighted by Crippen LogP contribution is 2.08. The Labute approximate surface area is 82.5 Å². The highest BCUT2D eigenvalue weighted by Gasteiger charge is 2.12. The molecule has 70 valence electrons. The highest BCUT2D eigenvalue weighted by molar-refractivity contribution is 6.11. The number of allylic oxidation sites excluding steroid dienone is 2. The van der Waals surface area contributed by atoms with Crippen molar-refractivity contribution in [1.82, 2.24) is 0 Å². The third-order valence-electron chi connectivity index (χ3n) is 1.77. The third kappa shape index (κ3) is 1.99. The van der Waals surface area contributed by atoms with Gasteiger partial charge in [-0.25, -0.2) is 0 Å². The van der Waals surface area contributed by atoms with Gasteiger partial charge in [-0.2, -0.15) is 5.26 Å². The average Bonchev–Trinajstić information content (AvgIpc) is 2.19. The summed E-state index contributed by atoms with van der Waals surface area (Å²) in [6.07, 6.45) is 0. The lowest BCUT2D eigenvalue weighted by atomic mass is 10.0. The van der Waals surface area contributed by atoms with Crippen LogP contribution in [0, 0.1) is 11.3 Å². The molecule has 0 amide bonds. The molecule has 3 nitrogen and oxygen atoms in total. The van der Waals surface area contributed by atoms with Crippen molar-refractivity contribution in [2.24, 2.45) is 5.73 Å².